The Morgan fingerprint density at radius 3 is 2.64 bits per heavy atom. The summed E-state index contributed by atoms with van der Waals surface area (Å²) in [6.45, 7) is 2.85. The minimum Gasteiger partial charge on any atom is -0.352 e. The molecule has 22 heavy (non-hydrogen) atoms. The molecule has 1 saturated carbocycles. The van der Waals surface area contributed by atoms with E-state index in [9.17, 15) is 4.79 Å². The molecule has 1 aromatic heterocycles. The molecule has 1 aromatic carbocycles. The number of aromatic nitrogens is 2. The number of hydrogen-bond acceptors (Lipinski definition) is 4. The lowest BCUT2D eigenvalue weighted by molar-refractivity contribution is -0.122. The van der Waals surface area contributed by atoms with Crippen molar-refractivity contribution in [3.05, 3.63) is 30.0 Å². The van der Waals surface area contributed by atoms with Gasteiger partial charge in [0.15, 0.2) is 5.82 Å². The highest BCUT2D eigenvalue weighted by Crippen LogP contribution is 2.28. The highest BCUT2D eigenvalue weighted by molar-refractivity contribution is 5.87. The number of nitrogens with one attached hydrogen (secondary N) is 1. The largest absolute Gasteiger partial charge is 0.352 e. The van der Waals surface area contributed by atoms with Crippen molar-refractivity contribution in [2.24, 2.45) is 0 Å². The van der Waals surface area contributed by atoms with E-state index in [4.69, 9.17) is 4.98 Å². The van der Waals surface area contributed by atoms with Gasteiger partial charge in [-0.25, -0.2) is 9.97 Å². The van der Waals surface area contributed by atoms with Gasteiger partial charge in [-0.15, -0.1) is 0 Å². The molecular weight excluding hydrogens is 276 g/mol. The zero-order valence-corrected chi connectivity index (χ0v) is 12.7. The van der Waals surface area contributed by atoms with Crippen LogP contribution in [-0.2, 0) is 4.79 Å². The van der Waals surface area contributed by atoms with Gasteiger partial charge in [0.2, 0.25) is 5.91 Å². The monoisotopic (exact) mass is 296 g/mol. The van der Waals surface area contributed by atoms with Gasteiger partial charge in [-0.2, -0.15) is 0 Å². The van der Waals surface area contributed by atoms with Crippen LogP contribution in [0.5, 0.6) is 0 Å². The molecule has 114 valence electrons. The number of fused-ring (bicyclic) bond motifs is 1. The van der Waals surface area contributed by atoms with E-state index in [2.05, 4.69) is 15.2 Å². The van der Waals surface area contributed by atoms with Gasteiger partial charge < -0.3 is 10.2 Å². The number of aryl methyl sites for hydroxylation is 1. The van der Waals surface area contributed by atoms with Gasteiger partial charge in [-0.05, 0) is 44.7 Å². The van der Waals surface area contributed by atoms with E-state index in [0.29, 0.717) is 6.04 Å². The fourth-order valence-corrected chi connectivity index (χ4v) is 3.17. The summed E-state index contributed by atoms with van der Waals surface area (Å²) < 4.78 is 0. The molecule has 1 atom stereocenters. The molecule has 0 radical (unpaired) electrons. The Morgan fingerprint density at radius 1 is 1.18 bits per heavy atom. The van der Waals surface area contributed by atoms with Crippen LogP contribution in [0.25, 0.3) is 11.0 Å². The van der Waals surface area contributed by atoms with E-state index in [0.717, 1.165) is 54.8 Å². The van der Waals surface area contributed by atoms with Crippen LogP contribution in [0, 0.1) is 6.92 Å². The van der Waals surface area contributed by atoms with Crippen molar-refractivity contribution >= 4 is 22.8 Å². The van der Waals surface area contributed by atoms with Crippen molar-refractivity contribution < 1.29 is 4.79 Å². The highest BCUT2D eigenvalue weighted by Gasteiger charge is 2.35. The second-order valence-corrected chi connectivity index (χ2v) is 6.26. The van der Waals surface area contributed by atoms with Crippen molar-refractivity contribution in [1.29, 1.82) is 0 Å². The zero-order valence-electron chi connectivity index (χ0n) is 12.7. The third-order valence-corrected chi connectivity index (χ3v) is 4.47. The van der Waals surface area contributed by atoms with E-state index in [1.54, 1.807) is 0 Å². The summed E-state index contributed by atoms with van der Waals surface area (Å²) >= 11 is 0. The Hall–Kier alpha value is -2.17. The molecule has 2 aliphatic rings. The van der Waals surface area contributed by atoms with E-state index < -0.39 is 0 Å². The maximum Gasteiger partial charge on any atom is 0.242 e. The van der Waals surface area contributed by atoms with E-state index >= 15 is 0 Å². The minimum atomic E-state index is -0.102. The maximum atomic E-state index is 12.5. The number of amides is 1. The van der Waals surface area contributed by atoms with Crippen LogP contribution >= 0.6 is 0 Å². The molecule has 0 spiro atoms. The van der Waals surface area contributed by atoms with Crippen molar-refractivity contribution in [3.8, 4) is 0 Å². The van der Waals surface area contributed by atoms with Gasteiger partial charge >= 0.3 is 0 Å². The van der Waals surface area contributed by atoms with Gasteiger partial charge in [0.25, 0.3) is 0 Å². The standard InChI is InChI=1S/C17H20N4O/c1-11-16(20-14-6-3-2-5-13(14)18-11)21-10-4-7-15(21)17(22)19-12-8-9-12/h2-3,5-6,12,15H,4,7-10H2,1H3,(H,19,22). The molecule has 5 heteroatoms. The van der Waals surface area contributed by atoms with Crippen LogP contribution in [0.3, 0.4) is 0 Å². The molecule has 2 heterocycles. The Balaban J connectivity index is 1.67. The van der Waals surface area contributed by atoms with Crippen LogP contribution in [0.4, 0.5) is 5.82 Å². The number of hydrogen-bond donors (Lipinski definition) is 1. The molecule has 1 aliphatic carbocycles. The Kier molecular flexibility index (Phi) is 3.21. The Labute approximate surface area is 129 Å². The second-order valence-electron chi connectivity index (χ2n) is 6.26. The highest BCUT2D eigenvalue weighted by atomic mass is 16.2. The smallest absolute Gasteiger partial charge is 0.242 e. The number of carbonyl (C=O) groups excluding carboxylic acids is 1. The third kappa shape index (κ3) is 2.40. The van der Waals surface area contributed by atoms with Crippen LogP contribution in [0.15, 0.2) is 24.3 Å². The van der Waals surface area contributed by atoms with Crippen LogP contribution in [0.1, 0.15) is 31.4 Å². The van der Waals surface area contributed by atoms with Gasteiger partial charge in [0.05, 0.1) is 16.7 Å². The van der Waals surface area contributed by atoms with Crippen molar-refractivity contribution in [2.75, 3.05) is 11.4 Å². The topological polar surface area (TPSA) is 58.1 Å². The molecular formula is C17H20N4O. The van der Waals surface area contributed by atoms with E-state index in [1.807, 2.05) is 31.2 Å². The molecule has 1 N–H and O–H groups in total. The summed E-state index contributed by atoms with van der Waals surface area (Å²) in [6.07, 6.45) is 4.16. The fourth-order valence-electron chi connectivity index (χ4n) is 3.17. The number of rotatable bonds is 3. The predicted molar refractivity (Wildman–Crippen MR) is 85.8 cm³/mol. The number of para-hydroxylation sites is 2. The van der Waals surface area contributed by atoms with Gasteiger partial charge in [-0.3, -0.25) is 4.79 Å². The SMILES string of the molecule is Cc1nc2ccccc2nc1N1CCCC1C(=O)NC1CC1. The molecule has 4 rings (SSSR count). The zero-order chi connectivity index (χ0) is 15.1. The van der Waals surface area contributed by atoms with Gasteiger partial charge in [-0.1, -0.05) is 12.1 Å². The van der Waals surface area contributed by atoms with Gasteiger partial charge in [0.1, 0.15) is 6.04 Å². The first-order valence-electron chi connectivity index (χ1n) is 8.03. The summed E-state index contributed by atoms with van der Waals surface area (Å²) in [5, 5.41) is 3.12. The molecule has 1 saturated heterocycles. The van der Waals surface area contributed by atoms with Crippen LogP contribution in [0.2, 0.25) is 0 Å². The molecule has 0 bridgehead atoms. The average molecular weight is 296 g/mol. The quantitative estimate of drug-likeness (QED) is 0.943. The lowest BCUT2D eigenvalue weighted by Gasteiger charge is -2.26. The molecule has 5 nitrogen and oxygen atoms in total. The minimum absolute atomic E-state index is 0.102. The van der Waals surface area contributed by atoms with Crippen molar-refractivity contribution in [2.45, 2.75) is 44.7 Å². The summed E-state index contributed by atoms with van der Waals surface area (Å²) in [7, 11) is 0. The Morgan fingerprint density at radius 2 is 1.91 bits per heavy atom. The van der Waals surface area contributed by atoms with Gasteiger partial charge in [0, 0.05) is 12.6 Å². The summed E-state index contributed by atoms with van der Waals surface area (Å²) in [6, 6.07) is 8.18. The van der Waals surface area contributed by atoms with Crippen molar-refractivity contribution in [3.63, 3.8) is 0 Å². The summed E-state index contributed by atoms with van der Waals surface area (Å²) in [4.78, 5) is 24.0. The van der Waals surface area contributed by atoms with E-state index in [1.165, 1.54) is 0 Å². The predicted octanol–water partition coefficient (Wildman–Crippen LogP) is 2.19. The first kappa shape index (κ1) is 13.5. The second kappa shape index (κ2) is 5.23. The molecule has 2 fully saturated rings. The van der Waals surface area contributed by atoms with Crippen LogP contribution in [-0.4, -0.2) is 34.5 Å². The first-order chi connectivity index (χ1) is 10.7. The number of anilines is 1. The normalized spacial score (nSPS) is 21.3. The molecule has 1 aliphatic heterocycles. The average Bonchev–Trinajstić information content (AvgIpc) is 3.19. The number of nitrogens with zero attached hydrogens (tertiary/aromatic N) is 3. The van der Waals surface area contributed by atoms with Crippen LogP contribution < -0.4 is 10.2 Å². The lowest BCUT2D eigenvalue weighted by atomic mass is 10.2. The molecule has 1 amide bonds. The Bertz CT molecular complexity index is 726. The summed E-state index contributed by atoms with van der Waals surface area (Å²) in [5.41, 5.74) is 2.68. The van der Waals surface area contributed by atoms with E-state index in [-0.39, 0.29) is 11.9 Å². The molecule has 1 unspecified atom stereocenters. The van der Waals surface area contributed by atoms with Crippen molar-refractivity contribution in [1.82, 2.24) is 15.3 Å². The molecule has 2 aromatic rings. The fraction of sp³-hybridized carbons (Fsp3) is 0.471. The number of carbonyl (C=O) groups is 1. The maximum absolute atomic E-state index is 12.5. The summed E-state index contributed by atoms with van der Waals surface area (Å²) in [5.74, 6) is 1.00. The first-order valence-corrected chi connectivity index (χ1v) is 8.03. The lowest BCUT2D eigenvalue weighted by Crippen LogP contribution is -2.44. The number of benzene rings is 1. The third-order valence-electron chi connectivity index (χ3n) is 4.47.